The minimum Gasteiger partial charge on any atom is -0.496 e. The third-order valence-corrected chi connectivity index (χ3v) is 8.27. The van der Waals surface area contributed by atoms with E-state index in [9.17, 15) is 4.79 Å². The van der Waals surface area contributed by atoms with Crippen LogP contribution in [0.5, 0.6) is 17.2 Å². The molecule has 1 fully saturated rings. The number of aromatic nitrogens is 2. The number of hydrogen-bond acceptors (Lipinski definition) is 8. The van der Waals surface area contributed by atoms with Gasteiger partial charge in [0, 0.05) is 47.2 Å². The van der Waals surface area contributed by atoms with Crippen LogP contribution in [0.2, 0.25) is 0 Å². The van der Waals surface area contributed by atoms with Crippen molar-refractivity contribution in [3.05, 3.63) is 69.7 Å². The summed E-state index contributed by atoms with van der Waals surface area (Å²) in [6, 6.07) is 13.6. The van der Waals surface area contributed by atoms with Crippen LogP contribution in [-0.2, 0) is 4.79 Å². The molecule has 0 bridgehead atoms. The van der Waals surface area contributed by atoms with Crippen LogP contribution in [0.4, 0.5) is 0 Å². The molecule has 0 radical (unpaired) electrons. The van der Waals surface area contributed by atoms with E-state index in [4.69, 9.17) is 23.7 Å². The number of thiazole rings is 1. The van der Waals surface area contributed by atoms with Gasteiger partial charge in [0.1, 0.15) is 17.2 Å². The highest BCUT2D eigenvalue weighted by atomic mass is 32.1. The Morgan fingerprint density at radius 3 is 2.38 bits per heavy atom. The monoisotopic (exact) mass is 559 g/mol. The zero-order valence-electron chi connectivity index (χ0n) is 23.4. The maximum Gasteiger partial charge on any atom is 0.249 e. The van der Waals surface area contributed by atoms with E-state index in [2.05, 4.69) is 10.5 Å². The zero-order valence-corrected chi connectivity index (χ0v) is 24.2. The first-order valence-corrected chi connectivity index (χ1v) is 14.1. The largest absolute Gasteiger partial charge is 0.496 e. The van der Waals surface area contributed by atoms with Crippen molar-refractivity contribution >= 4 is 23.3 Å². The van der Waals surface area contributed by atoms with Crippen LogP contribution >= 0.6 is 11.3 Å². The molecule has 0 saturated carbocycles. The first kappa shape index (κ1) is 27.5. The van der Waals surface area contributed by atoms with Gasteiger partial charge in [0.05, 0.1) is 37.6 Å². The Bertz CT molecular complexity index is 1520. The minimum atomic E-state index is 0.0164. The van der Waals surface area contributed by atoms with Crippen LogP contribution < -0.4 is 14.2 Å². The smallest absolute Gasteiger partial charge is 0.249 e. The van der Waals surface area contributed by atoms with Gasteiger partial charge in [0.2, 0.25) is 5.91 Å². The molecule has 0 atom stereocenters. The lowest BCUT2D eigenvalue weighted by molar-refractivity contribution is -0.128. The molecule has 208 valence electrons. The molecule has 5 rings (SSSR count). The highest BCUT2D eigenvalue weighted by Gasteiger charge is 2.28. The number of amides is 1. The highest BCUT2D eigenvalue weighted by molar-refractivity contribution is 7.10. The van der Waals surface area contributed by atoms with Crippen molar-refractivity contribution in [2.24, 2.45) is 0 Å². The topological polar surface area (TPSA) is 86.9 Å². The van der Waals surface area contributed by atoms with Gasteiger partial charge in [-0.1, -0.05) is 35.5 Å². The fourth-order valence-electron chi connectivity index (χ4n) is 5.10. The molecule has 2 aromatic heterocycles. The summed E-state index contributed by atoms with van der Waals surface area (Å²) in [7, 11) is 4.76. The van der Waals surface area contributed by atoms with Gasteiger partial charge < -0.3 is 23.6 Å². The maximum absolute atomic E-state index is 13.3. The summed E-state index contributed by atoms with van der Waals surface area (Å²) in [5, 5.41) is 7.48. The molecule has 4 aromatic rings. The van der Waals surface area contributed by atoms with E-state index in [0.29, 0.717) is 41.8 Å². The van der Waals surface area contributed by atoms with Gasteiger partial charge in [-0.2, -0.15) is 0 Å². The number of piperidine rings is 1. The molecule has 3 heterocycles. The highest BCUT2D eigenvalue weighted by Crippen LogP contribution is 2.39. The van der Waals surface area contributed by atoms with Gasteiger partial charge in [-0.05, 0) is 38.8 Å². The van der Waals surface area contributed by atoms with Gasteiger partial charge in [-0.15, -0.1) is 11.3 Å². The Balaban J connectivity index is 1.27. The summed E-state index contributed by atoms with van der Waals surface area (Å²) < 4.78 is 21.9. The lowest BCUT2D eigenvalue weighted by Crippen LogP contribution is -2.38. The molecule has 9 heteroatoms. The molecular formula is C31H33N3O5S. The van der Waals surface area contributed by atoms with Gasteiger partial charge in [-0.3, -0.25) is 4.79 Å². The van der Waals surface area contributed by atoms with Crippen molar-refractivity contribution in [3.8, 4) is 39.8 Å². The molecule has 1 aliphatic heterocycles. The number of rotatable bonds is 8. The lowest BCUT2D eigenvalue weighted by atomic mass is 9.96. The number of methoxy groups -OCH3 is 3. The van der Waals surface area contributed by atoms with Gasteiger partial charge in [0.25, 0.3) is 0 Å². The molecule has 0 aliphatic carbocycles. The minimum absolute atomic E-state index is 0.0164. The molecular weight excluding hydrogens is 526 g/mol. The quantitative estimate of drug-likeness (QED) is 0.225. The summed E-state index contributed by atoms with van der Waals surface area (Å²) in [6.07, 6.45) is 3.56. The number of likely N-dealkylation sites (tertiary alicyclic amines) is 1. The molecule has 1 amide bonds. The van der Waals surface area contributed by atoms with Crippen LogP contribution in [0.15, 0.2) is 57.9 Å². The number of ether oxygens (including phenoxy) is 3. The molecule has 0 N–H and O–H groups in total. The first-order chi connectivity index (χ1) is 19.4. The third kappa shape index (κ3) is 5.47. The Labute approximate surface area is 238 Å². The van der Waals surface area contributed by atoms with Gasteiger partial charge >= 0.3 is 0 Å². The summed E-state index contributed by atoms with van der Waals surface area (Å²) in [5.74, 6) is 2.84. The number of carbonyl (C=O) groups is 1. The van der Waals surface area contributed by atoms with Crippen molar-refractivity contribution in [2.75, 3.05) is 34.4 Å². The SMILES string of the molecule is COc1cc(OC)c(OC)cc1C=C(C)C(=O)N1CCC(c2nc(-c3c(-c4ccccc4)noc3C)cs2)CC1. The fraction of sp³-hybridized carbons (Fsp3) is 0.323. The van der Waals surface area contributed by atoms with Gasteiger partial charge in [0.15, 0.2) is 11.5 Å². The van der Waals surface area contributed by atoms with Crippen LogP contribution in [0, 0.1) is 6.92 Å². The fourth-order valence-corrected chi connectivity index (χ4v) is 6.08. The Kier molecular flexibility index (Phi) is 8.21. The number of aryl methyl sites for hydroxylation is 1. The summed E-state index contributed by atoms with van der Waals surface area (Å²) in [4.78, 5) is 20.2. The van der Waals surface area contributed by atoms with Crippen LogP contribution in [0.3, 0.4) is 0 Å². The van der Waals surface area contributed by atoms with E-state index in [-0.39, 0.29) is 5.91 Å². The predicted molar refractivity (Wildman–Crippen MR) is 156 cm³/mol. The molecule has 1 saturated heterocycles. The van der Waals surface area contributed by atoms with E-state index in [1.54, 1.807) is 38.7 Å². The Morgan fingerprint density at radius 1 is 1.02 bits per heavy atom. The molecule has 0 unspecified atom stereocenters. The second-order valence-electron chi connectivity index (χ2n) is 9.74. The summed E-state index contributed by atoms with van der Waals surface area (Å²) >= 11 is 1.66. The van der Waals surface area contributed by atoms with Crippen molar-refractivity contribution in [1.82, 2.24) is 15.0 Å². The standard InChI is InChI=1S/C31H33N3O5S/c1-19(15-23-16-26(37-4)27(38-5)17-25(23)36-3)31(35)34-13-11-22(12-14-34)30-32-24(18-40-30)28-20(2)39-33-29(28)21-9-7-6-8-10-21/h6-10,15-18,22H,11-14H2,1-5H3. The number of hydrogen-bond donors (Lipinski definition) is 0. The van der Waals surface area contributed by atoms with E-state index < -0.39 is 0 Å². The van der Waals surface area contributed by atoms with Crippen molar-refractivity contribution in [3.63, 3.8) is 0 Å². The van der Waals surface area contributed by atoms with Crippen LogP contribution in [0.1, 0.15) is 42.0 Å². The summed E-state index contributed by atoms with van der Waals surface area (Å²) in [6.45, 7) is 5.11. The zero-order chi connectivity index (χ0) is 28.2. The van der Waals surface area contributed by atoms with E-state index in [1.165, 1.54) is 0 Å². The first-order valence-electron chi connectivity index (χ1n) is 13.2. The van der Waals surface area contributed by atoms with E-state index >= 15 is 0 Å². The summed E-state index contributed by atoms with van der Waals surface area (Å²) in [5.41, 5.74) is 5.03. The number of nitrogens with zero attached hydrogens (tertiary/aromatic N) is 3. The van der Waals surface area contributed by atoms with Crippen molar-refractivity contribution in [1.29, 1.82) is 0 Å². The molecule has 40 heavy (non-hydrogen) atoms. The van der Waals surface area contributed by atoms with Crippen LogP contribution in [-0.4, -0.2) is 55.4 Å². The molecule has 2 aromatic carbocycles. The predicted octanol–water partition coefficient (Wildman–Crippen LogP) is 6.61. The third-order valence-electron chi connectivity index (χ3n) is 7.26. The van der Waals surface area contributed by atoms with Gasteiger partial charge in [-0.25, -0.2) is 4.98 Å². The maximum atomic E-state index is 13.3. The second-order valence-corrected chi connectivity index (χ2v) is 10.6. The Hall–Kier alpha value is -4.11. The van der Waals surface area contributed by atoms with Crippen LogP contribution in [0.25, 0.3) is 28.6 Å². The van der Waals surface area contributed by atoms with E-state index in [1.807, 2.05) is 61.2 Å². The average molecular weight is 560 g/mol. The average Bonchev–Trinajstić information content (AvgIpc) is 3.63. The lowest BCUT2D eigenvalue weighted by Gasteiger charge is -2.31. The molecule has 0 spiro atoms. The molecule has 1 aliphatic rings. The number of benzene rings is 2. The normalized spacial score (nSPS) is 14.3. The molecule has 8 nitrogen and oxygen atoms in total. The number of carbonyl (C=O) groups excluding carboxylic acids is 1. The second kappa shape index (κ2) is 12.0. The van der Waals surface area contributed by atoms with Crippen molar-refractivity contribution < 1.29 is 23.5 Å². The van der Waals surface area contributed by atoms with E-state index in [0.717, 1.165) is 51.7 Å². The Morgan fingerprint density at radius 2 is 1.70 bits per heavy atom. The van der Waals surface area contributed by atoms with Crippen molar-refractivity contribution in [2.45, 2.75) is 32.6 Å².